The molecule has 0 aromatic heterocycles. The van der Waals surface area contributed by atoms with Crippen LogP contribution in [0, 0.1) is 12.7 Å². The fraction of sp³-hybridized carbons (Fsp3) is 0.231. The Kier molecular flexibility index (Phi) is 10.5. The number of aryl methyl sites for hydroxylation is 1. The van der Waals surface area contributed by atoms with Gasteiger partial charge < -0.3 is 0 Å². The summed E-state index contributed by atoms with van der Waals surface area (Å²) in [5.74, 6) is -0.208. The molecule has 0 aliphatic carbocycles. The molecule has 1 rings (SSSR count). The predicted molar refractivity (Wildman–Crippen MR) is 63.8 cm³/mol. The molecule has 0 nitrogen and oxygen atoms in total. The second-order valence-corrected chi connectivity index (χ2v) is 2.21. The SMILES string of the molecule is C=C.C=Cc1cc(F)ccc1C.CC. The minimum absolute atomic E-state index is 0.208. The summed E-state index contributed by atoms with van der Waals surface area (Å²) >= 11 is 0. The van der Waals surface area contributed by atoms with Gasteiger partial charge in [-0.25, -0.2) is 4.39 Å². The molecule has 0 bridgehead atoms. The lowest BCUT2D eigenvalue weighted by Gasteiger charge is -1.97. The van der Waals surface area contributed by atoms with E-state index >= 15 is 0 Å². The second-order valence-electron chi connectivity index (χ2n) is 2.21. The maximum atomic E-state index is 12.5. The Morgan fingerprint density at radius 2 is 1.71 bits per heavy atom. The van der Waals surface area contributed by atoms with Crippen LogP contribution in [0.1, 0.15) is 25.0 Å². The van der Waals surface area contributed by atoms with E-state index < -0.39 is 0 Å². The highest BCUT2D eigenvalue weighted by atomic mass is 19.1. The molecule has 0 unspecified atom stereocenters. The molecule has 0 heterocycles. The second kappa shape index (κ2) is 9.72. The topological polar surface area (TPSA) is 0 Å². The first-order valence-corrected chi connectivity index (χ1v) is 4.62. The minimum Gasteiger partial charge on any atom is -0.207 e. The molecule has 0 radical (unpaired) electrons. The van der Waals surface area contributed by atoms with E-state index in [2.05, 4.69) is 19.7 Å². The third-order valence-corrected chi connectivity index (χ3v) is 1.46. The summed E-state index contributed by atoms with van der Waals surface area (Å²) in [6.45, 7) is 15.5. The highest BCUT2D eigenvalue weighted by Gasteiger charge is 1.93. The van der Waals surface area contributed by atoms with Crippen LogP contribution in [-0.2, 0) is 0 Å². The third-order valence-electron chi connectivity index (χ3n) is 1.46. The monoisotopic (exact) mass is 194 g/mol. The lowest BCUT2D eigenvalue weighted by Crippen LogP contribution is -1.81. The average molecular weight is 194 g/mol. The van der Waals surface area contributed by atoms with Gasteiger partial charge in [-0.15, -0.1) is 13.2 Å². The van der Waals surface area contributed by atoms with Gasteiger partial charge in [0.2, 0.25) is 0 Å². The standard InChI is InChI=1S/C9H9F.C2H6.C2H4/c1-3-8-6-9(10)5-4-7(8)2;2*1-2/h3-6H,1H2,2H3;1-2H3;1-2H2. The predicted octanol–water partition coefficient (Wildman–Crippen LogP) is 4.61. The zero-order valence-electron chi connectivity index (χ0n) is 9.31. The van der Waals surface area contributed by atoms with Crippen LogP contribution in [0.5, 0.6) is 0 Å². The highest BCUT2D eigenvalue weighted by molar-refractivity contribution is 5.51. The molecule has 1 aromatic carbocycles. The van der Waals surface area contributed by atoms with E-state index in [1.807, 2.05) is 20.8 Å². The van der Waals surface area contributed by atoms with Crippen LogP contribution in [0.2, 0.25) is 0 Å². The van der Waals surface area contributed by atoms with Crippen molar-refractivity contribution in [2.75, 3.05) is 0 Å². The summed E-state index contributed by atoms with van der Waals surface area (Å²) in [6.07, 6.45) is 1.65. The van der Waals surface area contributed by atoms with Gasteiger partial charge in [0.1, 0.15) is 5.82 Å². The van der Waals surface area contributed by atoms with E-state index in [0.717, 1.165) is 11.1 Å². The highest BCUT2D eigenvalue weighted by Crippen LogP contribution is 2.10. The summed E-state index contributed by atoms with van der Waals surface area (Å²) in [7, 11) is 0. The fourth-order valence-corrected chi connectivity index (χ4v) is 0.831. The molecule has 1 aromatic rings. The smallest absolute Gasteiger partial charge is 0.123 e. The van der Waals surface area contributed by atoms with Crippen molar-refractivity contribution in [3.05, 3.63) is 54.9 Å². The molecule has 0 aliphatic rings. The van der Waals surface area contributed by atoms with Gasteiger partial charge in [0.15, 0.2) is 0 Å². The molecule has 0 fully saturated rings. The zero-order valence-corrected chi connectivity index (χ0v) is 9.31. The molecule has 78 valence electrons. The van der Waals surface area contributed by atoms with E-state index in [1.165, 1.54) is 12.1 Å². The number of halogens is 1. The first-order valence-electron chi connectivity index (χ1n) is 4.62. The maximum Gasteiger partial charge on any atom is 0.123 e. The summed E-state index contributed by atoms with van der Waals surface area (Å²) < 4.78 is 12.5. The van der Waals surface area contributed by atoms with E-state index in [4.69, 9.17) is 0 Å². The lowest BCUT2D eigenvalue weighted by molar-refractivity contribution is 0.627. The number of benzene rings is 1. The van der Waals surface area contributed by atoms with Gasteiger partial charge >= 0.3 is 0 Å². The molecule has 0 saturated carbocycles. The van der Waals surface area contributed by atoms with Crippen molar-refractivity contribution in [2.45, 2.75) is 20.8 Å². The van der Waals surface area contributed by atoms with Crippen molar-refractivity contribution in [1.29, 1.82) is 0 Å². The largest absolute Gasteiger partial charge is 0.207 e. The molecular formula is C13H19F. The minimum atomic E-state index is -0.208. The maximum absolute atomic E-state index is 12.5. The number of hydrogen-bond acceptors (Lipinski definition) is 0. The molecule has 0 N–H and O–H groups in total. The van der Waals surface area contributed by atoms with Gasteiger partial charge in [0, 0.05) is 0 Å². The van der Waals surface area contributed by atoms with Crippen molar-refractivity contribution in [3.63, 3.8) is 0 Å². The van der Waals surface area contributed by atoms with Crippen LogP contribution in [0.15, 0.2) is 37.9 Å². The molecular weight excluding hydrogens is 175 g/mol. The Morgan fingerprint density at radius 3 is 2.07 bits per heavy atom. The first kappa shape index (κ1) is 15.1. The number of hydrogen-bond donors (Lipinski definition) is 0. The van der Waals surface area contributed by atoms with Gasteiger partial charge in [-0.1, -0.05) is 32.6 Å². The van der Waals surface area contributed by atoms with Gasteiger partial charge in [0.05, 0.1) is 0 Å². The van der Waals surface area contributed by atoms with Crippen LogP contribution in [0.3, 0.4) is 0 Å². The van der Waals surface area contributed by atoms with Crippen molar-refractivity contribution in [1.82, 2.24) is 0 Å². The molecule has 0 atom stereocenters. The molecule has 0 spiro atoms. The Hall–Kier alpha value is -1.37. The summed E-state index contributed by atoms with van der Waals surface area (Å²) in [6, 6.07) is 4.66. The van der Waals surface area contributed by atoms with Gasteiger partial charge in [-0.3, -0.25) is 0 Å². The van der Waals surface area contributed by atoms with Crippen LogP contribution in [0.4, 0.5) is 4.39 Å². The van der Waals surface area contributed by atoms with Gasteiger partial charge in [0.25, 0.3) is 0 Å². The molecule has 14 heavy (non-hydrogen) atoms. The Bertz CT molecular complexity index is 264. The van der Waals surface area contributed by atoms with Crippen LogP contribution < -0.4 is 0 Å². The Balaban J connectivity index is 0. The normalized spacial score (nSPS) is 7.43. The van der Waals surface area contributed by atoms with E-state index in [0.29, 0.717) is 0 Å². The molecule has 0 amide bonds. The van der Waals surface area contributed by atoms with E-state index in [-0.39, 0.29) is 5.82 Å². The van der Waals surface area contributed by atoms with Crippen molar-refractivity contribution < 1.29 is 4.39 Å². The summed E-state index contributed by atoms with van der Waals surface area (Å²) in [4.78, 5) is 0. The van der Waals surface area contributed by atoms with Crippen LogP contribution in [0.25, 0.3) is 6.08 Å². The van der Waals surface area contributed by atoms with Crippen LogP contribution >= 0.6 is 0 Å². The number of rotatable bonds is 1. The van der Waals surface area contributed by atoms with E-state index in [9.17, 15) is 4.39 Å². The van der Waals surface area contributed by atoms with Gasteiger partial charge in [-0.2, -0.15) is 0 Å². The average Bonchev–Trinajstić information content (AvgIpc) is 2.27. The third kappa shape index (κ3) is 5.31. The lowest BCUT2D eigenvalue weighted by atomic mass is 10.1. The van der Waals surface area contributed by atoms with Crippen molar-refractivity contribution >= 4 is 6.08 Å². The van der Waals surface area contributed by atoms with Crippen LogP contribution in [-0.4, -0.2) is 0 Å². The molecule has 0 aliphatic heterocycles. The van der Waals surface area contributed by atoms with E-state index in [1.54, 1.807) is 12.1 Å². The Morgan fingerprint density at radius 1 is 1.21 bits per heavy atom. The summed E-state index contributed by atoms with van der Waals surface area (Å²) in [5.41, 5.74) is 1.91. The zero-order chi connectivity index (χ0) is 11.6. The Labute approximate surface area is 86.8 Å². The van der Waals surface area contributed by atoms with Crippen molar-refractivity contribution in [3.8, 4) is 0 Å². The molecule has 0 saturated heterocycles. The first-order chi connectivity index (χ1) is 6.74. The fourth-order valence-electron chi connectivity index (χ4n) is 0.831. The van der Waals surface area contributed by atoms with Crippen molar-refractivity contribution in [2.24, 2.45) is 0 Å². The quantitative estimate of drug-likeness (QED) is 0.573. The van der Waals surface area contributed by atoms with Gasteiger partial charge in [-0.05, 0) is 30.2 Å². The molecule has 1 heteroatoms. The summed E-state index contributed by atoms with van der Waals surface area (Å²) in [5, 5.41) is 0.